The molecule has 23 heavy (non-hydrogen) atoms. The molecule has 0 aliphatic heterocycles. The molecule has 0 saturated carbocycles. The molecule has 4 nitrogen and oxygen atoms in total. The van der Waals surface area contributed by atoms with E-state index in [0.29, 0.717) is 5.69 Å². The highest BCUT2D eigenvalue weighted by molar-refractivity contribution is 7.08. The smallest absolute Gasteiger partial charge is 0.267 e. The number of aryl methyl sites for hydroxylation is 2. The molecule has 3 rings (SSSR count). The van der Waals surface area contributed by atoms with Crippen LogP contribution in [0.25, 0.3) is 10.9 Å². The Morgan fingerprint density at radius 1 is 1.35 bits per heavy atom. The first-order valence-corrected chi connectivity index (χ1v) is 8.44. The Hall–Kier alpha value is -2.11. The van der Waals surface area contributed by atoms with Crippen LogP contribution in [0, 0.1) is 13.8 Å². The molecule has 0 saturated heterocycles. The van der Waals surface area contributed by atoms with Crippen LogP contribution < -0.4 is 5.32 Å². The highest BCUT2D eigenvalue weighted by Gasteiger charge is 2.24. The fourth-order valence-electron chi connectivity index (χ4n) is 2.74. The molecule has 0 spiro atoms. The number of aromatic amines is 1. The van der Waals surface area contributed by atoms with Crippen LogP contribution >= 0.6 is 11.3 Å². The quantitative estimate of drug-likeness (QED) is 0.686. The second-order valence-corrected chi connectivity index (χ2v) is 6.97. The van der Waals surface area contributed by atoms with E-state index in [-0.39, 0.29) is 12.5 Å². The zero-order chi connectivity index (χ0) is 16.6. The predicted octanol–water partition coefficient (Wildman–Crippen LogP) is 3.48. The summed E-state index contributed by atoms with van der Waals surface area (Å²) in [7, 11) is 0. The molecular weight excluding hydrogens is 308 g/mol. The van der Waals surface area contributed by atoms with E-state index in [0.717, 1.165) is 27.6 Å². The molecular formula is C18H20N2O2S. The lowest BCUT2D eigenvalue weighted by molar-refractivity contribution is 0.0529. The van der Waals surface area contributed by atoms with Gasteiger partial charge in [0.1, 0.15) is 11.3 Å². The summed E-state index contributed by atoms with van der Waals surface area (Å²) in [6, 6.07) is 7.85. The summed E-state index contributed by atoms with van der Waals surface area (Å²) in [4.78, 5) is 15.5. The molecule has 1 aromatic carbocycles. The first-order chi connectivity index (χ1) is 10.9. The highest BCUT2D eigenvalue weighted by Crippen LogP contribution is 2.23. The van der Waals surface area contributed by atoms with Crippen molar-refractivity contribution >= 4 is 28.1 Å². The van der Waals surface area contributed by atoms with Crippen LogP contribution in [-0.4, -0.2) is 22.5 Å². The van der Waals surface area contributed by atoms with Gasteiger partial charge in [0.2, 0.25) is 0 Å². The van der Waals surface area contributed by atoms with Gasteiger partial charge in [-0.3, -0.25) is 4.79 Å². The first-order valence-electron chi connectivity index (χ1n) is 7.50. The molecule has 0 aliphatic carbocycles. The van der Waals surface area contributed by atoms with Crippen LogP contribution in [-0.2, 0) is 5.60 Å². The van der Waals surface area contributed by atoms with Crippen LogP contribution in [0.15, 0.2) is 35.0 Å². The number of thiophene rings is 1. The maximum atomic E-state index is 12.4. The maximum Gasteiger partial charge on any atom is 0.267 e. The summed E-state index contributed by atoms with van der Waals surface area (Å²) in [5.41, 5.74) is 3.50. The minimum absolute atomic E-state index is 0.163. The largest absolute Gasteiger partial charge is 0.384 e. The van der Waals surface area contributed by atoms with Crippen LogP contribution in [0.1, 0.15) is 34.1 Å². The normalized spacial score (nSPS) is 13.9. The average Bonchev–Trinajstić information content (AvgIpc) is 3.14. The van der Waals surface area contributed by atoms with Crippen molar-refractivity contribution in [1.82, 2.24) is 10.3 Å². The lowest BCUT2D eigenvalue weighted by Crippen LogP contribution is -2.38. The molecule has 120 valence electrons. The van der Waals surface area contributed by atoms with Crippen LogP contribution in [0.4, 0.5) is 0 Å². The lowest BCUT2D eigenvalue weighted by atomic mass is 9.99. The standard InChI is InChI=1S/C18H20N2O2S/c1-11-6-12(2)14-8-16(20-15(14)7-11)17(21)19-10-18(3,22)13-4-5-23-9-13/h4-9,20,22H,10H2,1-3H3,(H,19,21). The number of aromatic nitrogens is 1. The summed E-state index contributed by atoms with van der Waals surface area (Å²) in [5, 5.41) is 18.1. The topological polar surface area (TPSA) is 65.1 Å². The van der Waals surface area contributed by atoms with Gasteiger partial charge >= 0.3 is 0 Å². The number of hydrogen-bond donors (Lipinski definition) is 3. The van der Waals surface area contributed by atoms with Crippen LogP contribution in [0.2, 0.25) is 0 Å². The predicted molar refractivity (Wildman–Crippen MR) is 94.0 cm³/mol. The third-order valence-electron chi connectivity index (χ3n) is 4.07. The highest BCUT2D eigenvalue weighted by atomic mass is 32.1. The third kappa shape index (κ3) is 3.16. The lowest BCUT2D eigenvalue weighted by Gasteiger charge is -2.22. The van der Waals surface area contributed by atoms with Gasteiger partial charge in [0.15, 0.2) is 0 Å². The van der Waals surface area contributed by atoms with Crippen LogP contribution in [0.3, 0.4) is 0 Å². The zero-order valence-corrected chi connectivity index (χ0v) is 14.3. The Morgan fingerprint density at radius 2 is 2.13 bits per heavy atom. The fourth-order valence-corrected chi connectivity index (χ4v) is 3.53. The summed E-state index contributed by atoms with van der Waals surface area (Å²) in [5.74, 6) is -0.214. The van der Waals surface area contributed by atoms with E-state index >= 15 is 0 Å². The number of aliphatic hydroxyl groups is 1. The van der Waals surface area contributed by atoms with Crippen molar-refractivity contribution in [2.45, 2.75) is 26.4 Å². The van der Waals surface area contributed by atoms with Gasteiger partial charge in [-0.2, -0.15) is 11.3 Å². The van der Waals surface area contributed by atoms with Gasteiger partial charge in [0.05, 0.1) is 6.54 Å². The number of benzene rings is 1. The molecule has 3 N–H and O–H groups in total. The van der Waals surface area contributed by atoms with E-state index in [1.165, 1.54) is 11.3 Å². The average molecular weight is 328 g/mol. The van der Waals surface area contributed by atoms with Gasteiger partial charge in [-0.15, -0.1) is 0 Å². The van der Waals surface area contributed by atoms with Gasteiger partial charge in [0, 0.05) is 10.9 Å². The Bertz CT molecular complexity index is 847. The Labute approximate surface area is 139 Å². The molecule has 0 fully saturated rings. The maximum absolute atomic E-state index is 12.4. The van der Waals surface area contributed by atoms with E-state index < -0.39 is 5.60 Å². The molecule has 0 radical (unpaired) electrons. The van der Waals surface area contributed by atoms with Gasteiger partial charge in [-0.1, -0.05) is 6.07 Å². The van der Waals surface area contributed by atoms with Gasteiger partial charge in [0.25, 0.3) is 5.91 Å². The number of rotatable bonds is 4. The summed E-state index contributed by atoms with van der Waals surface area (Å²) >= 11 is 1.52. The van der Waals surface area contributed by atoms with Crippen molar-refractivity contribution < 1.29 is 9.90 Å². The number of hydrogen-bond acceptors (Lipinski definition) is 3. The molecule has 3 aromatic rings. The van der Waals surface area contributed by atoms with Crippen molar-refractivity contribution in [3.63, 3.8) is 0 Å². The minimum atomic E-state index is -1.08. The van der Waals surface area contributed by atoms with Crippen molar-refractivity contribution in [3.05, 3.63) is 57.4 Å². The fraction of sp³-hybridized carbons (Fsp3) is 0.278. The Balaban J connectivity index is 1.77. The van der Waals surface area contributed by atoms with Crippen molar-refractivity contribution in [3.8, 4) is 0 Å². The van der Waals surface area contributed by atoms with Crippen molar-refractivity contribution in [2.24, 2.45) is 0 Å². The molecule has 1 atom stereocenters. The number of nitrogens with one attached hydrogen (secondary N) is 2. The van der Waals surface area contributed by atoms with Crippen LogP contribution in [0.5, 0.6) is 0 Å². The Kier molecular flexibility index (Phi) is 4.00. The molecule has 1 amide bonds. The van der Waals surface area contributed by atoms with Gasteiger partial charge in [-0.05, 0) is 66.4 Å². The van der Waals surface area contributed by atoms with Gasteiger partial charge in [-0.25, -0.2) is 0 Å². The first kappa shape index (κ1) is 15.8. The van der Waals surface area contributed by atoms with E-state index in [9.17, 15) is 9.90 Å². The third-order valence-corrected chi connectivity index (χ3v) is 4.75. The minimum Gasteiger partial charge on any atom is -0.384 e. The molecule has 0 bridgehead atoms. The summed E-state index contributed by atoms with van der Waals surface area (Å²) in [6.07, 6.45) is 0. The van der Waals surface area contributed by atoms with E-state index in [1.54, 1.807) is 6.92 Å². The van der Waals surface area contributed by atoms with E-state index in [4.69, 9.17) is 0 Å². The summed E-state index contributed by atoms with van der Waals surface area (Å²) in [6.45, 7) is 5.93. The SMILES string of the molecule is Cc1cc(C)c2cc(C(=O)NCC(C)(O)c3ccsc3)[nH]c2c1. The summed E-state index contributed by atoms with van der Waals surface area (Å²) < 4.78 is 0. The van der Waals surface area contributed by atoms with Crippen molar-refractivity contribution in [2.75, 3.05) is 6.54 Å². The number of fused-ring (bicyclic) bond motifs is 1. The zero-order valence-electron chi connectivity index (χ0n) is 13.4. The van der Waals surface area contributed by atoms with E-state index in [2.05, 4.69) is 16.4 Å². The number of carbonyl (C=O) groups excluding carboxylic acids is 1. The molecule has 1 unspecified atom stereocenters. The molecule has 2 heterocycles. The number of carbonyl (C=O) groups is 1. The molecule has 5 heteroatoms. The number of amides is 1. The van der Waals surface area contributed by atoms with Crippen molar-refractivity contribution in [1.29, 1.82) is 0 Å². The Morgan fingerprint density at radius 3 is 2.83 bits per heavy atom. The number of H-pyrrole nitrogens is 1. The molecule has 0 aliphatic rings. The molecule has 2 aromatic heterocycles. The van der Waals surface area contributed by atoms with Gasteiger partial charge < -0.3 is 15.4 Å². The second kappa shape index (κ2) is 5.83. The van der Waals surface area contributed by atoms with E-state index in [1.807, 2.05) is 42.8 Å². The monoisotopic (exact) mass is 328 g/mol. The second-order valence-electron chi connectivity index (χ2n) is 6.19.